The summed E-state index contributed by atoms with van der Waals surface area (Å²) in [7, 11) is 4.24. The average Bonchev–Trinajstić information content (AvgIpc) is 2.83. The second kappa shape index (κ2) is 9.97. The summed E-state index contributed by atoms with van der Waals surface area (Å²) in [5.41, 5.74) is 1.07. The van der Waals surface area contributed by atoms with Gasteiger partial charge < -0.3 is 10.0 Å². The number of hydrogen-bond acceptors (Lipinski definition) is 4. The molecule has 0 spiro atoms. The monoisotopic (exact) mass is 308 g/mol. The zero-order valence-corrected chi connectivity index (χ0v) is 14.5. The van der Waals surface area contributed by atoms with Crippen LogP contribution in [0.4, 0.5) is 0 Å². The van der Waals surface area contributed by atoms with E-state index in [1.54, 1.807) is 11.3 Å². The molecule has 21 heavy (non-hydrogen) atoms. The molecule has 0 aliphatic heterocycles. The zero-order valence-electron chi connectivity index (χ0n) is 13.7. The second-order valence-electron chi connectivity index (χ2n) is 6.01. The fourth-order valence-corrected chi connectivity index (χ4v) is 2.92. The molecule has 1 N–H and O–H groups in total. The van der Waals surface area contributed by atoms with E-state index in [0.29, 0.717) is 12.3 Å². The molecule has 1 aromatic rings. The highest BCUT2D eigenvalue weighted by Gasteiger charge is 2.10. The summed E-state index contributed by atoms with van der Waals surface area (Å²) >= 11 is 1.78. The van der Waals surface area contributed by atoms with Crippen LogP contribution in [0.3, 0.4) is 0 Å². The minimum atomic E-state index is 0.136. The maximum absolute atomic E-state index is 8.75. The number of likely N-dealkylation sites (N-methyl/N-ethyl adjacent to an activating group) is 1. The van der Waals surface area contributed by atoms with Crippen molar-refractivity contribution in [3.8, 4) is 11.8 Å². The lowest BCUT2D eigenvalue weighted by Crippen LogP contribution is -2.33. The van der Waals surface area contributed by atoms with Crippen LogP contribution in [0, 0.1) is 17.8 Å². The number of aliphatic hydroxyl groups excluding tert-OH is 1. The van der Waals surface area contributed by atoms with Crippen molar-refractivity contribution in [1.29, 1.82) is 0 Å². The van der Waals surface area contributed by atoms with Crippen molar-refractivity contribution >= 4 is 11.3 Å². The van der Waals surface area contributed by atoms with Gasteiger partial charge >= 0.3 is 0 Å². The maximum Gasteiger partial charge on any atom is 0.0540 e. The largest absolute Gasteiger partial charge is 0.395 e. The van der Waals surface area contributed by atoms with E-state index in [9.17, 15) is 0 Å². The van der Waals surface area contributed by atoms with E-state index in [1.807, 2.05) is 0 Å². The van der Waals surface area contributed by atoms with E-state index < -0.39 is 0 Å². The molecule has 0 fully saturated rings. The first-order chi connectivity index (χ1) is 10.0. The van der Waals surface area contributed by atoms with Crippen molar-refractivity contribution in [3.05, 3.63) is 21.9 Å². The Bertz CT molecular complexity index is 457. The zero-order chi connectivity index (χ0) is 15.7. The third kappa shape index (κ3) is 8.23. The van der Waals surface area contributed by atoms with Gasteiger partial charge in [0.15, 0.2) is 0 Å². The van der Waals surface area contributed by atoms with Gasteiger partial charge in [-0.2, -0.15) is 0 Å². The van der Waals surface area contributed by atoms with Gasteiger partial charge in [0.2, 0.25) is 0 Å². The Kier molecular flexibility index (Phi) is 8.63. The Balaban J connectivity index is 2.59. The van der Waals surface area contributed by atoms with E-state index >= 15 is 0 Å². The van der Waals surface area contributed by atoms with Crippen molar-refractivity contribution in [2.24, 2.45) is 5.92 Å². The predicted octanol–water partition coefficient (Wildman–Crippen LogP) is 2.50. The molecule has 3 nitrogen and oxygen atoms in total. The molecule has 4 heteroatoms. The van der Waals surface area contributed by atoms with Crippen molar-refractivity contribution < 1.29 is 5.11 Å². The Morgan fingerprint density at radius 2 is 2.05 bits per heavy atom. The predicted molar refractivity (Wildman–Crippen MR) is 91.6 cm³/mol. The number of rotatable bonds is 8. The Morgan fingerprint density at radius 1 is 1.29 bits per heavy atom. The topological polar surface area (TPSA) is 26.7 Å². The second-order valence-corrected chi connectivity index (χ2v) is 7.01. The van der Waals surface area contributed by atoms with Gasteiger partial charge in [-0.05, 0) is 26.1 Å². The Hall–Kier alpha value is -0.860. The molecular weight excluding hydrogens is 280 g/mol. The van der Waals surface area contributed by atoms with Crippen LogP contribution in [0.5, 0.6) is 0 Å². The van der Waals surface area contributed by atoms with Crippen LogP contribution in [-0.4, -0.2) is 55.2 Å². The smallest absolute Gasteiger partial charge is 0.0540 e. The van der Waals surface area contributed by atoms with E-state index in [2.05, 4.69) is 61.0 Å². The molecule has 0 saturated heterocycles. The summed E-state index contributed by atoms with van der Waals surface area (Å²) in [4.78, 5) is 6.11. The van der Waals surface area contributed by atoms with Gasteiger partial charge in [-0.15, -0.1) is 11.3 Å². The van der Waals surface area contributed by atoms with Gasteiger partial charge in [0.05, 0.1) is 6.61 Å². The van der Waals surface area contributed by atoms with E-state index in [4.69, 9.17) is 5.11 Å². The Morgan fingerprint density at radius 3 is 2.67 bits per heavy atom. The lowest BCUT2D eigenvalue weighted by Gasteiger charge is -2.25. The molecule has 0 saturated carbocycles. The molecule has 118 valence electrons. The van der Waals surface area contributed by atoms with E-state index in [-0.39, 0.29) is 6.61 Å². The summed E-state index contributed by atoms with van der Waals surface area (Å²) in [5, 5.41) is 10.9. The first-order valence-electron chi connectivity index (χ1n) is 7.55. The summed E-state index contributed by atoms with van der Waals surface area (Å²) in [5.74, 6) is 6.76. The molecule has 0 atom stereocenters. The molecule has 0 aliphatic rings. The van der Waals surface area contributed by atoms with Crippen LogP contribution in [0.2, 0.25) is 0 Å². The molecule has 0 amide bonds. The molecule has 0 radical (unpaired) electrons. The SMILES string of the molecule is CC(C)CN(CCN(C)C)Cc1cc(C#CCCO)cs1. The fraction of sp³-hybridized carbons (Fsp3) is 0.647. The number of thiophene rings is 1. The number of hydrogen-bond donors (Lipinski definition) is 1. The van der Waals surface area contributed by atoms with Crippen molar-refractivity contribution in [2.75, 3.05) is 40.3 Å². The minimum Gasteiger partial charge on any atom is -0.395 e. The molecule has 0 aliphatic carbocycles. The summed E-state index contributed by atoms with van der Waals surface area (Å²) in [6.45, 7) is 8.97. The quantitative estimate of drug-likeness (QED) is 0.748. The van der Waals surface area contributed by atoms with Gasteiger partial charge in [0.25, 0.3) is 0 Å². The molecule has 1 aromatic heterocycles. The highest BCUT2D eigenvalue weighted by atomic mass is 32.1. The van der Waals surface area contributed by atoms with E-state index in [0.717, 1.165) is 31.7 Å². The van der Waals surface area contributed by atoms with Crippen LogP contribution >= 0.6 is 11.3 Å². The lowest BCUT2D eigenvalue weighted by atomic mass is 10.2. The summed E-state index contributed by atoms with van der Waals surface area (Å²) < 4.78 is 0. The first-order valence-corrected chi connectivity index (χ1v) is 8.43. The summed E-state index contributed by atoms with van der Waals surface area (Å²) in [6, 6.07) is 2.18. The van der Waals surface area contributed by atoms with Gasteiger partial charge in [-0.25, -0.2) is 0 Å². The van der Waals surface area contributed by atoms with Crippen LogP contribution < -0.4 is 0 Å². The van der Waals surface area contributed by atoms with Gasteiger partial charge in [-0.3, -0.25) is 4.90 Å². The minimum absolute atomic E-state index is 0.136. The molecule has 0 unspecified atom stereocenters. The van der Waals surface area contributed by atoms with Crippen LogP contribution in [0.1, 0.15) is 30.7 Å². The molecule has 1 heterocycles. The van der Waals surface area contributed by atoms with Gasteiger partial charge in [0, 0.05) is 48.4 Å². The van der Waals surface area contributed by atoms with Crippen LogP contribution in [0.25, 0.3) is 0 Å². The molecule has 1 rings (SSSR count). The van der Waals surface area contributed by atoms with Crippen LogP contribution in [-0.2, 0) is 6.54 Å². The fourth-order valence-electron chi connectivity index (χ4n) is 2.06. The molecule has 0 aromatic carbocycles. The number of aliphatic hydroxyl groups is 1. The third-order valence-electron chi connectivity index (χ3n) is 2.99. The average molecular weight is 308 g/mol. The van der Waals surface area contributed by atoms with Crippen LogP contribution in [0.15, 0.2) is 11.4 Å². The molecule has 0 bridgehead atoms. The highest BCUT2D eigenvalue weighted by Crippen LogP contribution is 2.17. The number of nitrogens with zero attached hydrogens (tertiary/aromatic N) is 2. The van der Waals surface area contributed by atoms with Gasteiger partial charge in [0.1, 0.15) is 0 Å². The molecular formula is C17H28N2OS. The maximum atomic E-state index is 8.75. The van der Waals surface area contributed by atoms with E-state index in [1.165, 1.54) is 4.88 Å². The Labute approximate surface area is 133 Å². The van der Waals surface area contributed by atoms with Crippen molar-refractivity contribution in [1.82, 2.24) is 9.80 Å². The highest BCUT2D eigenvalue weighted by molar-refractivity contribution is 7.10. The van der Waals surface area contributed by atoms with Crippen molar-refractivity contribution in [2.45, 2.75) is 26.8 Å². The summed E-state index contributed by atoms with van der Waals surface area (Å²) in [6.07, 6.45) is 0.549. The van der Waals surface area contributed by atoms with Crippen molar-refractivity contribution in [3.63, 3.8) is 0 Å². The normalized spacial score (nSPS) is 11.2. The first kappa shape index (κ1) is 18.2. The van der Waals surface area contributed by atoms with Gasteiger partial charge in [-0.1, -0.05) is 25.7 Å². The standard InChI is InChI=1S/C17H28N2OS/c1-15(2)12-19(9-8-18(3)4)13-17-11-16(14-21-17)7-5-6-10-20/h11,14-15,20H,6,8-10,12-13H2,1-4H3. The third-order valence-corrected chi connectivity index (χ3v) is 3.91. The lowest BCUT2D eigenvalue weighted by molar-refractivity contribution is 0.213.